The van der Waals surface area contributed by atoms with E-state index >= 15 is 0 Å². The van der Waals surface area contributed by atoms with E-state index in [1.165, 1.54) is 10.4 Å². The summed E-state index contributed by atoms with van der Waals surface area (Å²) in [5.41, 5.74) is 2.96. The predicted molar refractivity (Wildman–Crippen MR) is 49.4 cm³/mol. The summed E-state index contributed by atoms with van der Waals surface area (Å²) < 4.78 is 0. The average Bonchev–Trinajstić information content (AvgIpc) is 2.49. The van der Waals surface area contributed by atoms with Gasteiger partial charge in [-0.1, -0.05) is 10.9 Å². The topological polar surface area (TPSA) is 39.9 Å². The molecule has 0 spiro atoms. The molecule has 0 atom stereocenters. The quantitative estimate of drug-likeness (QED) is 0.691. The molecule has 0 N–H and O–H groups in total. The lowest BCUT2D eigenvalue weighted by molar-refractivity contribution is 0.0979. The largest absolute Gasteiger partial charge is 0.395 e. The molecule has 1 heterocycles. The third-order valence-electron chi connectivity index (χ3n) is 1.82. The Balaban J connectivity index is 2.58. The third-order valence-corrected chi connectivity index (χ3v) is 1.82. The molecule has 13 heavy (non-hydrogen) atoms. The molecule has 1 aromatic carbocycles. The summed E-state index contributed by atoms with van der Waals surface area (Å²) in [6, 6.07) is 5.95. The van der Waals surface area contributed by atoms with Crippen LogP contribution in [0, 0.1) is 6.92 Å². The summed E-state index contributed by atoms with van der Waals surface area (Å²) in [7, 11) is 0. The van der Waals surface area contributed by atoms with E-state index in [0.29, 0.717) is 6.61 Å². The summed E-state index contributed by atoms with van der Waals surface area (Å²) in [6.45, 7) is 4.54. The van der Waals surface area contributed by atoms with Crippen molar-refractivity contribution in [2.45, 2.75) is 13.8 Å². The molecule has 0 saturated carbocycles. The van der Waals surface area contributed by atoms with Crippen molar-refractivity contribution in [2.75, 3.05) is 6.61 Å². The van der Waals surface area contributed by atoms with Crippen molar-refractivity contribution in [3.8, 4) is 0 Å². The van der Waals surface area contributed by atoms with Crippen molar-refractivity contribution in [1.82, 2.24) is 15.2 Å². The second-order valence-electron chi connectivity index (χ2n) is 2.87. The summed E-state index contributed by atoms with van der Waals surface area (Å²) in [6.07, 6.45) is 0. The highest BCUT2D eigenvalue weighted by atomic mass is 16.7. The fourth-order valence-electron chi connectivity index (χ4n) is 1.23. The minimum absolute atomic E-state index is 0.590. The van der Waals surface area contributed by atoms with Crippen LogP contribution in [0.3, 0.4) is 0 Å². The number of hydrogen-bond donors (Lipinski definition) is 0. The molecule has 4 nitrogen and oxygen atoms in total. The van der Waals surface area contributed by atoms with Gasteiger partial charge < -0.3 is 4.84 Å². The molecule has 0 radical (unpaired) electrons. The molecule has 2 aromatic rings. The maximum atomic E-state index is 5.26. The highest BCUT2D eigenvalue weighted by molar-refractivity contribution is 5.74. The second-order valence-corrected chi connectivity index (χ2v) is 2.87. The van der Waals surface area contributed by atoms with E-state index < -0.39 is 0 Å². The van der Waals surface area contributed by atoms with Gasteiger partial charge in [0.25, 0.3) is 0 Å². The Morgan fingerprint density at radius 1 is 1.46 bits per heavy atom. The molecule has 0 amide bonds. The van der Waals surface area contributed by atoms with E-state index in [1.807, 2.05) is 32.0 Å². The van der Waals surface area contributed by atoms with Gasteiger partial charge in [0, 0.05) is 0 Å². The first kappa shape index (κ1) is 8.04. The molecule has 0 aliphatic rings. The minimum atomic E-state index is 0.590. The lowest BCUT2D eigenvalue weighted by Crippen LogP contribution is -2.11. The van der Waals surface area contributed by atoms with Crippen LogP contribution in [0.5, 0.6) is 0 Å². The van der Waals surface area contributed by atoms with Gasteiger partial charge in [0.2, 0.25) is 0 Å². The standard InChI is InChI=1S/C9H11N3O/c1-3-13-12-9-6-7(2)4-5-8(9)10-11-12/h4-6H,3H2,1-2H3. The van der Waals surface area contributed by atoms with Crippen LogP contribution >= 0.6 is 0 Å². The third kappa shape index (κ3) is 1.35. The first-order valence-corrected chi connectivity index (χ1v) is 4.26. The lowest BCUT2D eigenvalue weighted by Gasteiger charge is -2.00. The highest BCUT2D eigenvalue weighted by Gasteiger charge is 2.03. The summed E-state index contributed by atoms with van der Waals surface area (Å²) in [5.74, 6) is 0. The van der Waals surface area contributed by atoms with Gasteiger partial charge >= 0.3 is 0 Å². The number of hydrogen-bond acceptors (Lipinski definition) is 3. The predicted octanol–water partition coefficient (Wildman–Crippen LogP) is 1.19. The molecule has 4 heteroatoms. The van der Waals surface area contributed by atoms with E-state index in [2.05, 4.69) is 10.3 Å². The van der Waals surface area contributed by atoms with Crippen LogP contribution in [0.2, 0.25) is 0 Å². The van der Waals surface area contributed by atoms with Crippen molar-refractivity contribution in [3.63, 3.8) is 0 Å². The van der Waals surface area contributed by atoms with Gasteiger partial charge in [0.1, 0.15) is 17.6 Å². The minimum Gasteiger partial charge on any atom is -0.395 e. The zero-order chi connectivity index (χ0) is 9.26. The van der Waals surface area contributed by atoms with Crippen LogP contribution in [0.4, 0.5) is 0 Å². The maximum absolute atomic E-state index is 5.26. The molecular weight excluding hydrogens is 166 g/mol. The number of benzene rings is 1. The molecule has 0 aliphatic heterocycles. The van der Waals surface area contributed by atoms with Crippen LogP contribution in [-0.2, 0) is 0 Å². The number of fused-ring (bicyclic) bond motifs is 1. The normalized spacial score (nSPS) is 10.6. The molecule has 0 saturated heterocycles. The Morgan fingerprint density at radius 3 is 3.08 bits per heavy atom. The number of rotatable bonds is 2. The Kier molecular flexibility index (Phi) is 1.88. The average molecular weight is 177 g/mol. The zero-order valence-corrected chi connectivity index (χ0v) is 7.69. The number of aromatic nitrogens is 3. The molecule has 0 fully saturated rings. The van der Waals surface area contributed by atoms with E-state index in [-0.39, 0.29) is 0 Å². The van der Waals surface area contributed by atoms with Crippen LogP contribution in [-0.4, -0.2) is 21.8 Å². The van der Waals surface area contributed by atoms with E-state index in [0.717, 1.165) is 11.0 Å². The lowest BCUT2D eigenvalue weighted by atomic mass is 10.2. The second kappa shape index (κ2) is 3.05. The van der Waals surface area contributed by atoms with Gasteiger partial charge in [-0.15, -0.1) is 5.10 Å². The summed E-state index contributed by atoms with van der Waals surface area (Å²) in [5, 5.41) is 7.84. The van der Waals surface area contributed by atoms with Crippen LogP contribution in [0.15, 0.2) is 18.2 Å². The molecule has 1 aromatic heterocycles. The van der Waals surface area contributed by atoms with E-state index in [4.69, 9.17) is 4.84 Å². The molecule has 0 unspecified atom stereocenters. The number of nitrogens with zero attached hydrogens (tertiary/aromatic N) is 3. The van der Waals surface area contributed by atoms with Gasteiger partial charge in [0.15, 0.2) is 0 Å². The van der Waals surface area contributed by atoms with Gasteiger partial charge in [-0.3, -0.25) is 0 Å². The summed E-state index contributed by atoms with van der Waals surface area (Å²) >= 11 is 0. The van der Waals surface area contributed by atoms with Gasteiger partial charge in [-0.05, 0) is 36.8 Å². The van der Waals surface area contributed by atoms with Crippen LogP contribution in [0.25, 0.3) is 11.0 Å². The van der Waals surface area contributed by atoms with Crippen LogP contribution < -0.4 is 4.84 Å². The summed E-state index contributed by atoms with van der Waals surface area (Å²) in [4.78, 5) is 6.72. The van der Waals surface area contributed by atoms with E-state index in [1.54, 1.807) is 0 Å². The van der Waals surface area contributed by atoms with Crippen molar-refractivity contribution in [1.29, 1.82) is 0 Å². The maximum Gasteiger partial charge on any atom is 0.131 e. The Bertz CT molecular complexity index is 422. The fourth-order valence-corrected chi connectivity index (χ4v) is 1.23. The molecular formula is C9H11N3O. The molecule has 2 rings (SSSR count). The molecule has 0 aliphatic carbocycles. The smallest absolute Gasteiger partial charge is 0.131 e. The Labute approximate surface area is 76.1 Å². The fraction of sp³-hybridized carbons (Fsp3) is 0.333. The van der Waals surface area contributed by atoms with Gasteiger partial charge in [-0.2, -0.15) is 0 Å². The Hall–Kier alpha value is -1.58. The Morgan fingerprint density at radius 2 is 2.31 bits per heavy atom. The molecule has 68 valence electrons. The van der Waals surface area contributed by atoms with Crippen LogP contribution in [0.1, 0.15) is 12.5 Å². The van der Waals surface area contributed by atoms with E-state index in [9.17, 15) is 0 Å². The molecule has 0 bridgehead atoms. The monoisotopic (exact) mass is 177 g/mol. The van der Waals surface area contributed by atoms with Crippen molar-refractivity contribution < 1.29 is 4.84 Å². The number of aryl methyl sites for hydroxylation is 1. The highest BCUT2D eigenvalue weighted by Crippen LogP contribution is 2.11. The van der Waals surface area contributed by atoms with Gasteiger partial charge in [0.05, 0.1) is 0 Å². The zero-order valence-electron chi connectivity index (χ0n) is 7.69. The first-order chi connectivity index (χ1) is 6.31. The first-order valence-electron chi connectivity index (χ1n) is 4.26. The van der Waals surface area contributed by atoms with Gasteiger partial charge in [-0.25, -0.2) is 0 Å². The SMILES string of the molecule is CCOn1nnc2ccc(C)cc21. The van der Waals surface area contributed by atoms with Crippen molar-refractivity contribution in [2.24, 2.45) is 0 Å². The van der Waals surface area contributed by atoms with Crippen molar-refractivity contribution in [3.05, 3.63) is 23.8 Å². The van der Waals surface area contributed by atoms with Crippen molar-refractivity contribution >= 4 is 11.0 Å².